The minimum atomic E-state index is -1.23. The summed E-state index contributed by atoms with van der Waals surface area (Å²) in [5.74, 6) is -1.23. The molecule has 1 aromatic heterocycles. The van der Waals surface area contributed by atoms with Gasteiger partial charge in [0.25, 0.3) is 0 Å². The van der Waals surface area contributed by atoms with E-state index >= 15 is 0 Å². The van der Waals surface area contributed by atoms with Gasteiger partial charge in [0.15, 0.2) is 5.13 Å². The van der Waals surface area contributed by atoms with Gasteiger partial charge in [0, 0.05) is 10.4 Å². The Morgan fingerprint density at radius 1 is 0.846 bits per heavy atom. The summed E-state index contributed by atoms with van der Waals surface area (Å²) in [6, 6.07) is 37.4. The summed E-state index contributed by atoms with van der Waals surface area (Å²) in [7, 11) is 0. The van der Waals surface area contributed by atoms with E-state index in [1.807, 2.05) is 54.6 Å². The molecular weight excluding hydrogens is 530 g/mol. The number of hydrogen-bond donors (Lipinski definition) is 2. The van der Waals surface area contributed by atoms with Crippen molar-refractivity contribution in [2.75, 3.05) is 5.32 Å². The predicted molar refractivity (Wildman–Crippen MR) is 155 cm³/mol. The molecule has 8 heteroatoms. The van der Waals surface area contributed by atoms with Crippen LogP contribution < -0.4 is 5.32 Å². The van der Waals surface area contributed by atoms with E-state index in [0.717, 1.165) is 22.3 Å². The van der Waals surface area contributed by atoms with Gasteiger partial charge in [-0.3, -0.25) is 0 Å². The average Bonchev–Trinajstić information content (AvgIpc) is 3.44. The monoisotopic (exact) mass is 553 g/mol. The van der Waals surface area contributed by atoms with Crippen LogP contribution in [0.25, 0.3) is 0 Å². The van der Waals surface area contributed by atoms with Gasteiger partial charge in [-0.05, 0) is 34.4 Å². The Hall–Kier alpha value is -4.46. The number of halogens is 1. The topological polar surface area (TPSA) is 83.8 Å². The number of oxime groups is 1. The van der Waals surface area contributed by atoms with Crippen molar-refractivity contribution in [1.29, 1.82) is 0 Å². The van der Waals surface area contributed by atoms with Gasteiger partial charge in [-0.2, -0.15) is 0 Å². The van der Waals surface area contributed by atoms with E-state index in [2.05, 4.69) is 51.9 Å². The summed E-state index contributed by atoms with van der Waals surface area (Å²) in [5, 5.41) is 20.2. The third kappa shape index (κ3) is 5.85. The molecule has 0 saturated carbocycles. The summed E-state index contributed by atoms with van der Waals surface area (Å²) >= 11 is 7.22. The van der Waals surface area contributed by atoms with Gasteiger partial charge in [0.2, 0.25) is 5.71 Å². The van der Waals surface area contributed by atoms with Crippen LogP contribution in [0.4, 0.5) is 5.13 Å². The first kappa shape index (κ1) is 26.2. The van der Waals surface area contributed by atoms with E-state index < -0.39 is 11.5 Å². The largest absolute Gasteiger partial charge is 0.476 e. The van der Waals surface area contributed by atoms with Crippen molar-refractivity contribution in [1.82, 2.24) is 4.98 Å². The predicted octanol–water partition coefficient (Wildman–Crippen LogP) is 7.21. The summed E-state index contributed by atoms with van der Waals surface area (Å²) < 4.78 is 0. The van der Waals surface area contributed by atoms with Crippen LogP contribution in [0.2, 0.25) is 5.02 Å². The van der Waals surface area contributed by atoms with E-state index in [4.69, 9.17) is 16.4 Å². The number of thiazole rings is 1. The Balaban J connectivity index is 1.51. The van der Waals surface area contributed by atoms with Crippen LogP contribution in [0.1, 0.15) is 27.9 Å². The van der Waals surface area contributed by atoms with Gasteiger partial charge in [-0.15, -0.1) is 11.3 Å². The normalized spacial score (nSPS) is 11.7. The molecule has 0 amide bonds. The molecule has 4 aromatic carbocycles. The maximum atomic E-state index is 12.1. The van der Waals surface area contributed by atoms with E-state index in [1.54, 1.807) is 29.6 Å². The average molecular weight is 554 g/mol. The van der Waals surface area contributed by atoms with Gasteiger partial charge >= 0.3 is 5.97 Å². The number of anilines is 1. The molecule has 194 valence electrons. The molecule has 5 rings (SSSR count). The summed E-state index contributed by atoms with van der Waals surface area (Å²) in [4.78, 5) is 22.1. The SMILES string of the molecule is O=C(O)/C(=N/OCc1ccc(Cl)cc1)c1csc(NC(c2ccccc2)(c2ccccc2)c2ccccc2)n1. The number of rotatable bonds is 10. The molecule has 5 aromatic rings. The third-order valence-electron chi connectivity index (χ3n) is 6.16. The fraction of sp³-hybridized carbons (Fsp3) is 0.0645. The summed E-state index contributed by atoms with van der Waals surface area (Å²) in [6.07, 6.45) is 0. The lowest BCUT2D eigenvalue weighted by atomic mass is 9.77. The Morgan fingerprint density at radius 2 is 1.36 bits per heavy atom. The number of hydrogen-bond acceptors (Lipinski definition) is 6. The second-order valence-corrected chi connectivity index (χ2v) is 9.95. The zero-order valence-corrected chi connectivity index (χ0v) is 22.3. The molecule has 0 aliphatic rings. The molecule has 0 aliphatic carbocycles. The van der Waals surface area contributed by atoms with E-state index in [-0.39, 0.29) is 18.0 Å². The Morgan fingerprint density at radius 3 is 1.85 bits per heavy atom. The maximum absolute atomic E-state index is 12.1. The Bertz CT molecular complexity index is 1460. The molecular formula is C31H24ClN3O3S. The first-order chi connectivity index (χ1) is 19.1. The highest BCUT2D eigenvalue weighted by molar-refractivity contribution is 7.14. The first-order valence-corrected chi connectivity index (χ1v) is 13.4. The van der Waals surface area contributed by atoms with Gasteiger partial charge in [0.05, 0.1) is 0 Å². The lowest BCUT2D eigenvalue weighted by Gasteiger charge is -2.36. The second kappa shape index (κ2) is 11.9. The van der Waals surface area contributed by atoms with Gasteiger partial charge < -0.3 is 15.3 Å². The smallest absolute Gasteiger partial charge is 0.360 e. The number of carbonyl (C=O) groups is 1. The van der Waals surface area contributed by atoms with E-state index in [1.165, 1.54) is 11.3 Å². The molecule has 0 bridgehead atoms. The number of nitrogens with zero attached hydrogens (tertiary/aromatic N) is 2. The quantitative estimate of drug-likeness (QED) is 0.108. The highest BCUT2D eigenvalue weighted by Crippen LogP contribution is 2.40. The fourth-order valence-corrected chi connectivity index (χ4v) is 5.21. The highest BCUT2D eigenvalue weighted by Gasteiger charge is 2.37. The molecule has 0 saturated heterocycles. The lowest BCUT2D eigenvalue weighted by molar-refractivity contribution is -0.129. The molecule has 39 heavy (non-hydrogen) atoms. The highest BCUT2D eigenvalue weighted by atomic mass is 35.5. The van der Waals surface area contributed by atoms with Crippen molar-refractivity contribution in [2.45, 2.75) is 12.1 Å². The van der Waals surface area contributed by atoms with Gasteiger partial charge in [-0.25, -0.2) is 9.78 Å². The number of carboxylic acids is 1. The molecule has 1 heterocycles. The molecule has 0 aliphatic heterocycles. The number of carboxylic acid groups (broad SMARTS) is 1. The minimum absolute atomic E-state index is 0.0995. The van der Waals surface area contributed by atoms with Crippen LogP contribution in [0.15, 0.2) is 126 Å². The van der Waals surface area contributed by atoms with Crippen molar-refractivity contribution >= 4 is 39.8 Å². The molecule has 0 atom stereocenters. The van der Waals surface area contributed by atoms with Crippen molar-refractivity contribution in [3.8, 4) is 0 Å². The molecule has 0 fully saturated rings. The van der Waals surface area contributed by atoms with Crippen LogP contribution in [-0.4, -0.2) is 21.8 Å². The first-order valence-electron chi connectivity index (χ1n) is 12.1. The van der Waals surface area contributed by atoms with Crippen LogP contribution in [0, 0.1) is 0 Å². The van der Waals surface area contributed by atoms with E-state index in [0.29, 0.717) is 10.2 Å². The minimum Gasteiger partial charge on any atom is -0.476 e. The zero-order chi connectivity index (χ0) is 27.1. The lowest BCUT2D eigenvalue weighted by Crippen LogP contribution is -2.38. The molecule has 0 spiro atoms. The van der Waals surface area contributed by atoms with Crippen molar-refractivity contribution in [3.63, 3.8) is 0 Å². The van der Waals surface area contributed by atoms with Crippen LogP contribution >= 0.6 is 22.9 Å². The van der Waals surface area contributed by atoms with Crippen molar-refractivity contribution in [2.24, 2.45) is 5.16 Å². The van der Waals surface area contributed by atoms with Crippen molar-refractivity contribution < 1.29 is 14.7 Å². The van der Waals surface area contributed by atoms with Crippen molar-refractivity contribution in [3.05, 3.63) is 154 Å². The maximum Gasteiger partial charge on any atom is 0.360 e. The Kier molecular flexibility index (Phi) is 8.01. The van der Waals surface area contributed by atoms with Crippen LogP contribution in [0.5, 0.6) is 0 Å². The molecule has 6 nitrogen and oxygen atoms in total. The molecule has 0 unspecified atom stereocenters. The van der Waals surface area contributed by atoms with E-state index in [9.17, 15) is 9.90 Å². The fourth-order valence-electron chi connectivity index (χ4n) is 4.33. The number of aliphatic carboxylic acids is 1. The molecule has 2 N–H and O–H groups in total. The summed E-state index contributed by atoms with van der Waals surface area (Å²) in [5.41, 5.74) is 2.98. The Labute approximate surface area is 235 Å². The molecule has 0 radical (unpaired) electrons. The summed E-state index contributed by atoms with van der Waals surface area (Å²) in [6.45, 7) is 0.0995. The third-order valence-corrected chi connectivity index (χ3v) is 7.17. The zero-order valence-electron chi connectivity index (χ0n) is 20.7. The van der Waals surface area contributed by atoms with Crippen LogP contribution in [-0.2, 0) is 21.8 Å². The number of nitrogens with one attached hydrogen (secondary N) is 1. The van der Waals surface area contributed by atoms with Crippen LogP contribution in [0.3, 0.4) is 0 Å². The van der Waals surface area contributed by atoms with Gasteiger partial charge in [0.1, 0.15) is 17.8 Å². The second-order valence-electron chi connectivity index (χ2n) is 8.66. The van der Waals surface area contributed by atoms with Gasteiger partial charge in [-0.1, -0.05) is 120 Å². The number of aromatic nitrogens is 1. The standard InChI is InChI=1S/C31H24ClN3O3S/c32-26-18-16-22(17-19-26)20-38-35-28(29(36)37)27-21-39-30(33-27)34-31(23-10-4-1-5-11-23,24-12-6-2-7-13-24)25-14-8-3-9-15-25/h1-19,21H,20H2,(H,33,34)(H,36,37)/b35-28+. The number of benzene rings is 4.